The fourth-order valence-electron chi connectivity index (χ4n) is 1.65. The summed E-state index contributed by atoms with van der Waals surface area (Å²) >= 11 is 5.30. The average molecular weight is 411 g/mol. The van der Waals surface area contributed by atoms with E-state index >= 15 is 0 Å². The van der Waals surface area contributed by atoms with E-state index < -0.39 is 46.6 Å². The quantitative estimate of drug-likeness (QED) is 0.638. The minimum Gasteiger partial charge on any atom is -0.382 e. The Labute approximate surface area is 137 Å². The van der Waals surface area contributed by atoms with E-state index in [1.165, 1.54) is 0 Å². The van der Waals surface area contributed by atoms with Gasteiger partial charge in [-0.15, -0.1) is 0 Å². The molecular formula is C12H6ClF11O. The predicted molar refractivity (Wildman–Crippen MR) is 62.3 cm³/mol. The molecule has 25 heavy (non-hydrogen) atoms. The smallest absolute Gasteiger partial charge is 0.382 e. The van der Waals surface area contributed by atoms with Crippen LogP contribution >= 0.6 is 11.6 Å². The van der Waals surface area contributed by atoms with Crippen molar-refractivity contribution < 1.29 is 53.4 Å². The first-order valence-electron chi connectivity index (χ1n) is 5.93. The molecule has 0 heterocycles. The fourth-order valence-corrected chi connectivity index (χ4v) is 1.89. The van der Waals surface area contributed by atoms with Crippen LogP contribution in [0.15, 0.2) is 24.3 Å². The van der Waals surface area contributed by atoms with Crippen molar-refractivity contribution in [2.45, 2.75) is 36.0 Å². The Morgan fingerprint density at radius 3 is 1.56 bits per heavy atom. The lowest BCUT2D eigenvalue weighted by Crippen LogP contribution is -2.67. The molecule has 144 valence electrons. The van der Waals surface area contributed by atoms with Gasteiger partial charge in [0.05, 0.1) is 0 Å². The first-order chi connectivity index (χ1) is 10.9. The van der Waals surface area contributed by atoms with Gasteiger partial charge < -0.3 is 5.11 Å². The molecule has 13 heteroatoms. The van der Waals surface area contributed by atoms with Crippen molar-refractivity contribution in [1.29, 1.82) is 0 Å². The van der Waals surface area contributed by atoms with Crippen molar-refractivity contribution in [3.05, 3.63) is 34.9 Å². The molecule has 0 saturated carbocycles. The van der Waals surface area contributed by atoms with Crippen LogP contribution in [0.1, 0.15) is 11.7 Å². The fraction of sp³-hybridized carbons (Fsp3) is 0.500. The first kappa shape index (κ1) is 21.7. The third-order valence-corrected chi connectivity index (χ3v) is 3.45. The van der Waals surface area contributed by atoms with Gasteiger partial charge in [-0.05, 0) is 6.07 Å². The highest BCUT2D eigenvalue weighted by molar-refractivity contribution is 6.31. The molecule has 1 aromatic rings. The van der Waals surface area contributed by atoms with E-state index in [-0.39, 0.29) is 0 Å². The third kappa shape index (κ3) is 3.14. The van der Waals surface area contributed by atoms with E-state index in [0.717, 1.165) is 18.2 Å². The lowest BCUT2D eigenvalue weighted by Gasteiger charge is -2.38. The first-order valence-corrected chi connectivity index (χ1v) is 6.31. The normalized spacial score (nSPS) is 16.0. The summed E-state index contributed by atoms with van der Waals surface area (Å²) in [5.41, 5.74) is -1.28. The lowest BCUT2D eigenvalue weighted by atomic mass is 9.91. The summed E-state index contributed by atoms with van der Waals surface area (Å²) in [4.78, 5) is 0. The van der Waals surface area contributed by atoms with Crippen LogP contribution in [0.3, 0.4) is 0 Å². The molecule has 0 aliphatic heterocycles. The maximum Gasteiger partial charge on any atom is 0.460 e. The summed E-state index contributed by atoms with van der Waals surface area (Å²) < 4.78 is 141. The zero-order chi connectivity index (χ0) is 20.1. The number of benzene rings is 1. The number of hydrogen-bond acceptors (Lipinski definition) is 1. The number of rotatable bonds is 5. The van der Waals surface area contributed by atoms with Gasteiger partial charge in [-0.2, -0.15) is 48.3 Å². The average Bonchev–Trinajstić information content (AvgIpc) is 2.45. The highest BCUT2D eigenvalue weighted by atomic mass is 35.5. The molecular weight excluding hydrogens is 405 g/mol. The molecule has 1 rings (SSSR count). The Bertz CT molecular complexity index is 626. The van der Waals surface area contributed by atoms with Crippen molar-refractivity contribution >= 4 is 11.6 Å². The van der Waals surface area contributed by atoms with E-state index in [9.17, 15) is 53.4 Å². The topological polar surface area (TPSA) is 20.2 Å². The van der Waals surface area contributed by atoms with Crippen LogP contribution in [0.25, 0.3) is 0 Å². The molecule has 0 bridgehead atoms. The van der Waals surface area contributed by atoms with Crippen molar-refractivity contribution in [2.24, 2.45) is 0 Å². The SMILES string of the molecule is OC(c1ccccc1Cl)C(F)(F)C(F)(F)C(F)(F)C(F)(F)C(F)(F)F. The Hall–Kier alpha value is -1.30. The van der Waals surface area contributed by atoms with E-state index in [2.05, 4.69) is 0 Å². The predicted octanol–water partition coefficient (Wildman–Crippen LogP) is 5.48. The van der Waals surface area contributed by atoms with Gasteiger partial charge in [0.2, 0.25) is 0 Å². The van der Waals surface area contributed by atoms with E-state index in [1.807, 2.05) is 0 Å². The van der Waals surface area contributed by atoms with Crippen molar-refractivity contribution in [3.8, 4) is 0 Å². The van der Waals surface area contributed by atoms with Crippen LogP contribution in [0.5, 0.6) is 0 Å². The highest BCUT2D eigenvalue weighted by Crippen LogP contribution is 2.59. The van der Waals surface area contributed by atoms with Crippen molar-refractivity contribution in [3.63, 3.8) is 0 Å². The van der Waals surface area contributed by atoms with Gasteiger partial charge in [-0.1, -0.05) is 29.8 Å². The van der Waals surface area contributed by atoms with Crippen LogP contribution in [0, 0.1) is 0 Å². The summed E-state index contributed by atoms with van der Waals surface area (Å²) in [6, 6.07) is 3.14. The second-order valence-corrected chi connectivity index (χ2v) is 5.18. The van der Waals surface area contributed by atoms with Crippen LogP contribution in [0.2, 0.25) is 5.02 Å². The van der Waals surface area contributed by atoms with Gasteiger partial charge in [0.25, 0.3) is 0 Å². The van der Waals surface area contributed by atoms with Gasteiger partial charge in [-0.3, -0.25) is 0 Å². The monoisotopic (exact) mass is 410 g/mol. The third-order valence-electron chi connectivity index (χ3n) is 3.11. The summed E-state index contributed by atoms with van der Waals surface area (Å²) in [5, 5.41) is 8.39. The Morgan fingerprint density at radius 1 is 0.720 bits per heavy atom. The second kappa shape index (κ2) is 6.15. The molecule has 0 radical (unpaired) electrons. The molecule has 0 fully saturated rings. The largest absolute Gasteiger partial charge is 0.460 e. The summed E-state index contributed by atoms with van der Waals surface area (Å²) in [7, 11) is 0. The molecule has 0 aliphatic carbocycles. The van der Waals surface area contributed by atoms with Gasteiger partial charge >= 0.3 is 29.9 Å². The van der Waals surface area contributed by atoms with Crippen molar-refractivity contribution in [1.82, 2.24) is 0 Å². The molecule has 0 aromatic heterocycles. The number of hydrogen-bond donors (Lipinski definition) is 1. The Kier molecular flexibility index (Phi) is 5.35. The van der Waals surface area contributed by atoms with E-state index in [0.29, 0.717) is 6.07 Å². The number of alkyl halides is 11. The maximum absolute atomic E-state index is 13.6. The molecule has 0 saturated heterocycles. The van der Waals surface area contributed by atoms with Gasteiger partial charge in [0, 0.05) is 10.6 Å². The minimum atomic E-state index is -7.58. The molecule has 1 atom stereocenters. The summed E-state index contributed by atoms with van der Waals surface area (Å²) in [5.74, 6) is -28.8. The lowest BCUT2D eigenvalue weighted by molar-refractivity contribution is -0.429. The molecule has 1 aromatic carbocycles. The van der Waals surface area contributed by atoms with Gasteiger partial charge in [0.1, 0.15) is 0 Å². The van der Waals surface area contributed by atoms with Gasteiger partial charge in [0.15, 0.2) is 6.10 Å². The maximum atomic E-state index is 13.6. The summed E-state index contributed by atoms with van der Waals surface area (Å²) in [6.45, 7) is 0. The zero-order valence-corrected chi connectivity index (χ0v) is 12.1. The summed E-state index contributed by atoms with van der Waals surface area (Å²) in [6.07, 6.45) is -11.2. The molecule has 0 spiro atoms. The molecule has 1 unspecified atom stereocenters. The van der Waals surface area contributed by atoms with Gasteiger partial charge in [-0.25, -0.2) is 0 Å². The molecule has 0 aliphatic rings. The minimum absolute atomic E-state index is 0.469. The van der Waals surface area contributed by atoms with Crippen LogP contribution < -0.4 is 0 Å². The molecule has 1 nitrogen and oxygen atoms in total. The standard InChI is InChI=1S/C12H6ClF11O/c13-6-4-2-1-3-5(6)7(25)8(14,15)9(16,17)10(18,19)11(20,21)12(22,23)24/h1-4,7,25H. The number of aliphatic hydroxyl groups is 1. The highest BCUT2D eigenvalue weighted by Gasteiger charge is 2.88. The number of halogens is 12. The van der Waals surface area contributed by atoms with Crippen LogP contribution in [-0.4, -0.2) is 35.0 Å². The molecule has 0 amide bonds. The van der Waals surface area contributed by atoms with E-state index in [4.69, 9.17) is 11.6 Å². The second-order valence-electron chi connectivity index (χ2n) is 4.77. The van der Waals surface area contributed by atoms with Crippen LogP contribution in [0.4, 0.5) is 48.3 Å². The number of aliphatic hydroxyl groups excluding tert-OH is 1. The van der Waals surface area contributed by atoms with Crippen molar-refractivity contribution in [2.75, 3.05) is 0 Å². The Balaban J connectivity index is 3.46. The van der Waals surface area contributed by atoms with Crippen LogP contribution in [-0.2, 0) is 0 Å². The zero-order valence-electron chi connectivity index (χ0n) is 11.4. The van der Waals surface area contributed by atoms with E-state index in [1.54, 1.807) is 0 Å². The molecule has 1 N–H and O–H groups in total. The Morgan fingerprint density at radius 2 is 1.16 bits per heavy atom.